The summed E-state index contributed by atoms with van der Waals surface area (Å²) in [6.45, 7) is 2.53. The number of nitrogens with one attached hydrogen (secondary N) is 2. The summed E-state index contributed by atoms with van der Waals surface area (Å²) in [4.78, 5) is 10.9. The van der Waals surface area contributed by atoms with Gasteiger partial charge in [-0.25, -0.2) is 4.79 Å². The summed E-state index contributed by atoms with van der Waals surface area (Å²) in [7, 11) is 0. The van der Waals surface area contributed by atoms with Gasteiger partial charge in [0.05, 0.1) is 22.8 Å². The van der Waals surface area contributed by atoms with E-state index in [9.17, 15) is 4.79 Å². The smallest absolute Gasteiger partial charge is 0.312 e. The summed E-state index contributed by atoms with van der Waals surface area (Å²) in [6, 6.07) is 4.90. The summed E-state index contributed by atoms with van der Waals surface area (Å²) in [5, 5.41) is 6.90. The van der Waals surface area contributed by atoms with Crippen LogP contribution in [0.1, 0.15) is 11.7 Å². The Morgan fingerprint density at radius 2 is 2.25 bits per heavy atom. The van der Waals surface area contributed by atoms with Gasteiger partial charge in [-0.3, -0.25) is 0 Å². The van der Waals surface area contributed by atoms with E-state index in [-0.39, 0.29) is 12.0 Å². The number of benzene rings is 1. The first-order chi connectivity index (χ1) is 9.58. The molecule has 0 saturated carbocycles. The van der Waals surface area contributed by atoms with Crippen molar-refractivity contribution in [2.45, 2.75) is 6.10 Å². The van der Waals surface area contributed by atoms with Crippen LogP contribution in [0.3, 0.4) is 0 Å². The topological polar surface area (TPSA) is 76.4 Å². The number of rotatable bonds is 3. The maximum atomic E-state index is 10.9. The number of carbonyl (C=O) groups excluding carboxylic acids is 1. The fourth-order valence-electron chi connectivity index (χ4n) is 2.26. The lowest BCUT2D eigenvalue weighted by Crippen LogP contribution is -2.38. The standard InChI is InChI=1S/C13H17Cl2N3O2/c14-10-2-1-8(5-11(10)15)12-9(7-18-13(16)19)6-17-3-4-20-12/h1-2,5,9,12,17H,3-4,6-7H2,(H3,16,18,19)/t9-,12+/m0/s1. The quantitative estimate of drug-likeness (QED) is 0.797. The van der Waals surface area contributed by atoms with Gasteiger partial charge in [-0.1, -0.05) is 29.3 Å². The molecule has 0 unspecified atom stereocenters. The van der Waals surface area contributed by atoms with E-state index in [1.54, 1.807) is 12.1 Å². The molecule has 0 aromatic heterocycles. The van der Waals surface area contributed by atoms with Crippen molar-refractivity contribution < 1.29 is 9.53 Å². The lowest BCUT2D eigenvalue weighted by Gasteiger charge is -2.25. The third kappa shape index (κ3) is 3.99. The minimum atomic E-state index is -0.540. The van der Waals surface area contributed by atoms with Gasteiger partial charge in [0.15, 0.2) is 0 Å². The van der Waals surface area contributed by atoms with Crippen LogP contribution in [0.2, 0.25) is 10.0 Å². The zero-order valence-electron chi connectivity index (χ0n) is 10.9. The Morgan fingerprint density at radius 3 is 2.95 bits per heavy atom. The van der Waals surface area contributed by atoms with Crippen molar-refractivity contribution in [3.05, 3.63) is 33.8 Å². The van der Waals surface area contributed by atoms with Crippen molar-refractivity contribution in [1.82, 2.24) is 10.6 Å². The number of primary amides is 1. The van der Waals surface area contributed by atoms with E-state index in [0.717, 1.165) is 18.7 Å². The van der Waals surface area contributed by atoms with E-state index in [1.807, 2.05) is 6.07 Å². The molecule has 1 heterocycles. The lowest BCUT2D eigenvalue weighted by molar-refractivity contribution is 0.0316. The van der Waals surface area contributed by atoms with Gasteiger partial charge >= 0.3 is 6.03 Å². The minimum Gasteiger partial charge on any atom is -0.372 e. The second kappa shape index (κ2) is 7.13. The van der Waals surface area contributed by atoms with Crippen molar-refractivity contribution in [3.8, 4) is 0 Å². The summed E-state index contributed by atoms with van der Waals surface area (Å²) in [6.07, 6.45) is -0.161. The highest BCUT2D eigenvalue weighted by atomic mass is 35.5. The van der Waals surface area contributed by atoms with Gasteiger partial charge in [0.2, 0.25) is 0 Å². The normalized spacial score (nSPS) is 23.1. The summed E-state index contributed by atoms with van der Waals surface area (Å²) >= 11 is 12.0. The number of amides is 2. The van der Waals surface area contributed by atoms with Crippen molar-refractivity contribution in [2.24, 2.45) is 11.7 Å². The molecule has 2 atom stereocenters. The predicted octanol–water partition coefficient (Wildman–Crippen LogP) is 1.94. The molecule has 1 aliphatic heterocycles. The van der Waals surface area contributed by atoms with E-state index < -0.39 is 6.03 Å². The molecule has 5 nitrogen and oxygen atoms in total. The zero-order valence-corrected chi connectivity index (χ0v) is 12.4. The third-order valence-corrected chi connectivity index (χ3v) is 3.96. The molecular formula is C13H17Cl2N3O2. The molecule has 1 aromatic carbocycles. The van der Waals surface area contributed by atoms with E-state index >= 15 is 0 Å². The highest BCUT2D eigenvalue weighted by Crippen LogP contribution is 2.31. The first-order valence-corrected chi connectivity index (χ1v) is 7.14. The average Bonchev–Trinajstić information content (AvgIpc) is 2.65. The Bertz CT molecular complexity index is 485. The van der Waals surface area contributed by atoms with Crippen LogP contribution in [-0.2, 0) is 4.74 Å². The Labute approximate surface area is 127 Å². The SMILES string of the molecule is NC(=O)NC[C@@H]1CNCCO[C@@H]1c1ccc(Cl)c(Cl)c1. The molecule has 110 valence electrons. The number of hydrogen-bond donors (Lipinski definition) is 3. The van der Waals surface area contributed by atoms with E-state index in [0.29, 0.717) is 23.2 Å². The zero-order chi connectivity index (χ0) is 14.5. The number of urea groups is 1. The Morgan fingerprint density at radius 1 is 1.45 bits per heavy atom. The Balaban J connectivity index is 2.18. The van der Waals surface area contributed by atoms with Gasteiger partial charge in [0.1, 0.15) is 0 Å². The number of halogens is 2. The minimum absolute atomic E-state index is 0.0715. The molecule has 1 aliphatic rings. The van der Waals surface area contributed by atoms with Crippen LogP contribution in [0.15, 0.2) is 18.2 Å². The van der Waals surface area contributed by atoms with Gasteiger partial charge in [-0.05, 0) is 17.7 Å². The van der Waals surface area contributed by atoms with Gasteiger partial charge in [0.25, 0.3) is 0 Å². The van der Waals surface area contributed by atoms with Crippen LogP contribution in [0, 0.1) is 5.92 Å². The van der Waals surface area contributed by atoms with Crippen LogP contribution < -0.4 is 16.4 Å². The summed E-state index contributed by atoms with van der Waals surface area (Å²) in [5.74, 6) is 0.0715. The second-order valence-corrected chi connectivity index (χ2v) is 5.49. The van der Waals surface area contributed by atoms with Crippen molar-refractivity contribution in [3.63, 3.8) is 0 Å². The van der Waals surface area contributed by atoms with Crippen LogP contribution in [0.25, 0.3) is 0 Å². The first-order valence-electron chi connectivity index (χ1n) is 6.38. The summed E-state index contributed by atoms with van der Waals surface area (Å²) in [5.41, 5.74) is 6.07. The largest absolute Gasteiger partial charge is 0.372 e. The van der Waals surface area contributed by atoms with Gasteiger partial charge in [0, 0.05) is 25.6 Å². The highest BCUT2D eigenvalue weighted by Gasteiger charge is 2.26. The monoisotopic (exact) mass is 317 g/mol. The van der Waals surface area contributed by atoms with Crippen molar-refractivity contribution in [1.29, 1.82) is 0 Å². The van der Waals surface area contributed by atoms with Crippen molar-refractivity contribution in [2.75, 3.05) is 26.2 Å². The molecular weight excluding hydrogens is 301 g/mol. The molecule has 0 aliphatic carbocycles. The van der Waals surface area contributed by atoms with Crippen LogP contribution in [0.5, 0.6) is 0 Å². The molecule has 1 saturated heterocycles. The van der Waals surface area contributed by atoms with E-state index in [4.69, 9.17) is 33.7 Å². The molecule has 2 rings (SSSR count). The molecule has 4 N–H and O–H groups in total. The van der Waals surface area contributed by atoms with E-state index in [2.05, 4.69) is 10.6 Å². The molecule has 0 radical (unpaired) electrons. The number of hydrogen-bond acceptors (Lipinski definition) is 3. The molecule has 1 fully saturated rings. The fraction of sp³-hybridized carbons (Fsp3) is 0.462. The summed E-state index contributed by atoms with van der Waals surface area (Å²) < 4.78 is 5.87. The number of nitrogens with two attached hydrogens (primary N) is 1. The van der Waals surface area contributed by atoms with Crippen LogP contribution >= 0.6 is 23.2 Å². The maximum Gasteiger partial charge on any atom is 0.312 e. The Kier molecular flexibility index (Phi) is 5.48. The predicted molar refractivity (Wildman–Crippen MR) is 79.1 cm³/mol. The first kappa shape index (κ1) is 15.4. The third-order valence-electron chi connectivity index (χ3n) is 3.22. The molecule has 0 bridgehead atoms. The second-order valence-electron chi connectivity index (χ2n) is 4.67. The van der Waals surface area contributed by atoms with Gasteiger partial charge < -0.3 is 21.1 Å². The van der Waals surface area contributed by atoms with Crippen molar-refractivity contribution >= 4 is 29.2 Å². The van der Waals surface area contributed by atoms with Crippen LogP contribution in [-0.4, -0.2) is 32.3 Å². The molecule has 1 aromatic rings. The van der Waals surface area contributed by atoms with Gasteiger partial charge in [-0.2, -0.15) is 0 Å². The van der Waals surface area contributed by atoms with Gasteiger partial charge in [-0.15, -0.1) is 0 Å². The fourth-order valence-corrected chi connectivity index (χ4v) is 2.56. The lowest BCUT2D eigenvalue weighted by atomic mass is 9.95. The molecule has 2 amide bonds. The number of ether oxygens (including phenoxy) is 1. The average molecular weight is 318 g/mol. The molecule has 0 spiro atoms. The maximum absolute atomic E-state index is 10.9. The molecule has 7 heteroatoms. The van der Waals surface area contributed by atoms with E-state index in [1.165, 1.54) is 0 Å². The Hall–Kier alpha value is -1.01. The number of carbonyl (C=O) groups is 1. The highest BCUT2D eigenvalue weighted by molar-refractivity contribution is 6.42. The van der Waals surface area contributed by atoms with Crippen LogP contribution in [0.4, 0.5) is 4.79 Å². The molecule has 20 heavy (non-hydrogen) atoms.